The number of nitrogens with zero attached hydrogens (tertiary/aromatic N) is 3. The smallest absolute Gasteiger partial charge is 0.267 e. The predicted molar refractivity (Wildman–Crippen MR) is 71.2 cm³/mol. The molecule has 6 heteroatoms. The first-order valence-corrected chi connectivity index (χ1v) is 5.89. The van der Waals surface area contributed by atoms with Gasteiger partial charge in [0.25, 0.3) is 5.91 Å². The average Bonchev–Trinajstić information content (AvgIpc) is 2.40. The molecule has 90 valence electrons. The summed E-state index contributed by atoms with van der Waals surface area (Å²) in [6.45, 7) is 0. The van der Waals surface area contributed by atoms with Crippen molar-refractivity contribution in [2.24, 2.45) is 5.10 Å². The fourth-order valence-corrected chi connectivity index (χ4v) is 1.58. The van der Waals surface area contributed by atoms with Crippen LogP contribution in [-0.2, 0) is 0 Å². The predicted octanol–water partition coefficient (Wildman–Crippen LogP) is 2.00. The van der Waals surface area contributed by atoms with E-state index < -0.39 is 0 Å². The van der Waals surface area contributed by atoms with E-state index in [0.29, 0.717) is 5.56 Å². The molecule has 18 heavy (non-hydrogen) atoms. The summed E-state index contributed by atoms with van der Waals surface area (Å²) in [5, 5.41) is 3.85. The first kappa shape index (κ1) is 12.4. The minimum absolute atomic E-state index is 0.311. The number of carbonyl (C=O) groups is 1. The lowest BCUT2D eigenvalue weighted by atomic mass is 10.3. The Labute approximate surface area is 112 Å². The number of hydrogen-bond acceptors (Lipinski definition) is 4. The second-order valence-corrected chi connectivity index (χ2v) is 4.29. The van der Waals surface area contributed by atoms with Gasteiger partial charge >= 0.3 is 0 Å². The maximum absolute atomic E-state index is 11.7. The molecule has 0 spiro atoms. The molecule has 0 aromatic carbocycles. The van der Waals surface area contributed by atoms with Crippen molar-refractivity contribution in [3.8, 4) is 0 Å². The van der Waals surface area contributed by atoms with Gasteiger partial charge in [-0.15, -0.1) is 0 Å². The van der Waals surface area contributed by atoms with Gasteiger partial charge in [0.15, 0.2) is 0 Å². The topological polar surface area (TPSA) is 67.2 Å². The van der Waals surface area contributed by atoms with Gasteiger partial charge in [-0.3, -0.25) is 14.8 Å². The Hall–Kier alpha value is -2.08. The van der Waals surface area contributed by atoms with E-state index in [1.807, 2.05) is 0 Å². The van der Waals surface area contributed by atoms with Gasteiger partial charge in [0.2, 0.25) is 0 Å². The molecule has 2 rings (SSSR count). The highest BCUT2D eigenvalue weighted by molar-refractivity contribution is 9.10. The van der Waals surface area contributed by atoms with Gasteiger partial charge in [0, 0.05) is 29.3 Å². The van der Waals surface area contributed by atoms with Crippen molar-refractivity contribution in [3.05, 3.63) is 58.6 Å². The molecule has 5 nitrogen and oxygen atoms in total. The summed E-state index contributed by atoms with van der Waals surface area (Å²) >= 11 is 3.25. The van der Waals surface area contributed by atoms with Gasteiger partial charge in [0.05, 0.1) is 11.8 Å². The van der Waals surface area contributed by atoms with Crippen molar-refractivity contribution in [1.29, 1.82) is 0 Å². The van der Waals surface area contributed by atoms with Crippen LogP contribution in [0.4, 0.5) is 0 Å². The number of amides is 1. The number of carbonyl (C=O) groups excluding carboxylic acids is 1. The molecule has 0 saturated carbocycles. The summed E-state index contributed by atoms with van der Waals surface area (Å²) in [6.07, 6.45) is 7.94. The highest BCUT2D eigenvalue weighted by atomic mass is 79.9. The second kappa shape index (κ2) is 6.02. The van der Waals surface area contributed by atoms with Crippen LogP contribution < -0.4 is 5.43 Å². The monoisotopic (exact) mass is 304 g/mol. The zero-order chi connectivity index (χ0) is 12.8. The lowest BCUT2D eigenvalue weighted by Crippen LogP contribution is -2.17. The van der Waals surface area contributed by atoms with Crippen molar-refractivity contribution in [2.45, 2.75) is 0 Å². The molecule has 0 aliphatic heterocycles. The molecule has 2 aromatic rings. The fourth-order valence-electron chi connectivity index (χ4n) is 1.22. The normalized spacial score (nSPS) is 10.5. The lowest BCUT2D eigenvalue weighted by Gasteiger charge is -1.99. The Kier molecular flexibility index (Phi) is 4.14. The van der Waals surface area contributed by atoms with Gasteiger partial charge in [-0.05, 0) is 39.7 Å². The minimum atomic E-state index is -0.311. The third kappa shape index (κ3) is 3.46. The summed E-state index contributed by atoms with van der Waals surface area (Å²) in [7, 11) is 0. The van der Waals surface area contributed by atoms with E-state index in [2.05, 4.69) is 36.4 Å². The maximum Gasteiger partial charge on any atom is 0.272 e. The number of pyridine rings is 2. The molecule has 0 radical (unpaired) electrons. The lowest BCUT2D eigenvalue weighted by molar-refractivity contribution is 0.0954. The Morgan fingerprint density at radius 1 is 1.28 bits per heavy atom. The van der Waals surface area contributed by atoms with Crippen molar-refractivity contribution >= 4 is 28.1 Å². The summed E-state index contributed by atoms with van der Waals surface area (Å²) in [5.74, 6) is -0.311. The third-order valence-corrected chi connectivity index (χ3v) is 2.49. The quantitative estimate of drug-likeness (QED) is 0.696. The highest BCUT2D eigenvalue weighted by Crippen LogP contribution is 2.09. The maximum atomic E-state index is 11.7. The van der Waals surface area contributed by atoms with E-state index in [4.69, 9.17) is 0 Å². The van der Waals surface area contributed by atoms with Gasteiger partial charge in [-0.2, -0.15) is 5.10 Å². The van der Waals surface area contributed by atoms with Crippen molar-refractivity contribution in [1.82, 2.24) is 15.4 Å². The molecule has 1 amide bonds. The van der Waals surface area contributed by atoms with Crippen LogP contribution >= 0.6 is 15.9 Å². The number of rotatable bonds is 3. The fraction of sp³-hybridized carbons (Fsp3) is 0. The molecule has 2 aromatic heterocycles. The Bertz CT molecular complexity index is 571. The van der Waals surface area contributed by atoms with Crippen molar-refractivity contribution in [3.63, 3.8) is 0 Å². The standard InChI is InChI=1S/C12H9BrN4O/c13-11-5-10(7-15-8-11)12(18)17-16-6-9-1-3-14-4-2-9/h1-8H,(H,17,18)/b16-6+. The molecular formula is C12H9BrN4O. The number of halogens is 1. The SMILES string of the molecule is O=C(N/N=C/c1ccncc1)c1cncc(Br)c1. The molecule has 0 atom stereocenters. The zero-order valence-corrected chi connectivity index (χ0v) is 10.8. The van der Waals surface area contributed by atoms with Crippen LogP contribution in [0.25, 0.3) is 0 Å². The number of aromatic nitrogens is 2. The van der Waals surface area contributed by atoms with Crippen molar-refractivity contribution in [2.75, 3.05) is 0 Å². The van der Waals surface area contributed by atoms with E-state index in [0.717, 1.165) is 10.0 Å². The van der Waals surface area contributed by atoms with E-state index in [-0.39, 0.29) is 5.91 Å². The van der Waals surface area contributed by atoms with Gasteiger partial charge in [-0.25, -0.2) is 5.43 Å². The Morgan fingerprint density at radius 3 is 2.78 bits per heavy atom. The van der Waals surface area contributed by atoms with E-state index in [9.17, 15) is 4.79 Å². The molecule has 0 aliphatic rings. The summed E-state index contributed by atoms with van der Waals surface area (Å²) in [6, 6.07) is 5.25. The first-order chi connectivity index (χ1) is 8.75. The second-order valence-electron chi connectivity index (χ2n) is 3.37. The van der Waals surface area contributed by atoms with E-state index >= 15 is 0 Å². The van der Waals surface area contributed by atoms with Gasteiger partial charge in [0.1, 0.15) is 0 Å². The summed E-state index contributed by atoms with van der Waals surface area (Å²) in [4.78, 5) is 19.5. The van der Waals surface area contributed by atoms with Crippen LogP contribution in [-0.4, -0.2) is 22.1 Å². The highest BCUT2D eigenvalue weighted by Gasteiger charge is 2.04. The summed E-state index contributed by atoms with van der Waals surface area (Å²) in [5.41, 5.74) is 3.72. The molecule has 2 heterocycles. The molecule has 0 unspecified atom stereocenters. The Morgan fingerprint density at radius 2 is 2.06 bits per heavy atom. The van der Waals surface area contributed by atoms with E-state index in [1.165, 1.54) is 6.20 Å². The Balaban J connectivity index is 1.99. The van der Waals surface area contributed by atoms with Gasteiger partial charge in [-0.1, -0.05) is 0 Å². The molecule has 0 aliphatic carbocycles. The molecule has 0 bridgehead atoms. The summed E-state index contributed by atoms with van der Waals surface area (Å²) < 4.78 is 0.744. The number of nitrogens with one attached hydrogen (secondary N) is 1. The first-order valence-electron chi connectivity index (χ1n) is 5.10. The zero-order valence-electron chi connectivity index (χ0n) is 9.25. The average molecular weight is 305 g/mol. The molecule has 1 N–H and O–H groups in total. The van der Waals surface area contributed by atoms with Crippen LogP contribution in [0.5, 0.6) is 0 Å². The van der Waals surface area contributed by atoms with Crippen molar-refractivity contribution < 1.29 is 4.79 Å². The van der Waals surface area contributed by atoms with Gasteiger partial charge < -0.3 is 0 Å². The largest absolute Gasteiger partial charge is 0.272 e. The molecule has 0 saturated heterocycles. The van der Waals surface area contributed by atoms with E-state index in [1.54, 1.807) is 43.0 Å². The molecule has 0 fully saturated rings. The minimum Gasteiger partial charge on any atom is -0.267 e. The van der Waals surface area contributed by atoms with Crippen LogP contribution in [0.2, 0.25) is 0 Å². The number of hydrazone groups is 1. The van der Waals surface area contributed by atoms with Crippen LogP contribution in [0.15, 0.2) is 52.6 Å². The molecular weight excluding hydrogens is 296 g/mol. The third-order valence-electron chi connectivity index (χ3n) is 2.05. The van der Waals surface area contributed by atoms with Crippen LogP contribution in [0.3, 0.4) is 0 Å². The van der Waals surface area contributed by atoms with Crippen LogP contribution in [0.1, 0.15) is 15.9 Å². The number of hydrogen-bond donors (Lipinski definition) is 1. The van der Waals surface area contributed by atoms with Crippen LogP contribution in [0, 0.1) is 0 Å².